The minimum absolute atomic E-state index is 0.0600. The van der Waals surface area contributed by atoms with Gasteiger partial charge in [-0.25, -0.2) is 9.86 Å². The van der Waals surface area contributed by atoms with Gasteiger partial charge in [0.2, 0.25) is 11.8 Å². The van der Waals surface area contributed by atoms with Crippen molar-refractivity contribution >= 4 is 6.03 Å². The highest BCUT2D eigenvalue weighted by molar-refractivity contribution is 5.77. The van der Waals surface area contributed by atoms with Crippen LogP contribution in [-0.2, 0) is 0 Å². The lowest BCUT2D eigenvalue weighted by atomic mass is 9.85. The molecule has 3 heterocycles. The number of carbonyl (C=O) groups is 1. The van der Waals surface area contributed by atoms with Crippen molar-refractivity contribution in [2.75, 3.05) is 6.54 Å². The van der Waals surface area contributed by atoms with E-state index >= 15 is 0 Å². The van der Waals surface area contributed by atoms with Gasteiger partial charge in [-0.05, 0) is 24.7 Å². The zero-order chi connectivity index (χ0) is 12.5. The SMILES string of the molecule is Cc1nnc(C2CC3(CC3)C3CN2C(=O)N3O)o1. The number of nitrogens with zero attached hydrogens (tertiary/aromatic N) is 4. The molecule has 0 aromatic carbocycles. The molecular weight excluding hydrogens is 236 g/mol. The summed E-state index contributed by atoms with van der Waals surface area (Å²) < 4.78 is 5.46. The standard InChI is InChI=1S/C11H14N4O3/c1-6-12-13-9(18-6)7-4-11(2-3-11)8-5-14(7)10(16)15(8)17/h7-8,17H,2-5H2,1H3. The van der Waals surface area contributed by atoms with Crippen LogP contribution in [0.1, 0.15) is 37.1 Å². The normalized spacial score (nSPS) is 32.4. The minimum atomic E-state index is -0.343. The summed E-state index contributed by atoms with van der Waals surface area (Å²) >= 11 is 0. The Labute approximate surface area is 103 Å². The Bertz CT molecular complexity index is 524. The predicted octanol–water partition coefficient (Wildman–Crippen LogP) is 1.10. The zero-order valence-electron chi connectivity index (χ0n) is 10.0. The minimum Gasteiger partial charge on any atom is -0.423 e. The molecule has 1 saturated carbocycles. The highest BCUT2D eigenvalue weighted by Crippen LogP contribution is 2.61. The molecule has 7 nitrogen and oxygen atoms in total. The summed E-state index contributed by atoms with van der Waals surface area (Å²) in [7, 11) is 0. The monoisotopic (exact) mass is 250 g/mol. The van der Waals surface area contributed by atoms with Crippen molar-refractivity contribution in [3.05, 3.63) is 11.8 Å². The summed E-state index contributed by atoms with van der Waals surface area (Å²) in [5.41, 5.74) is 0.0600. The molecule has 2 bridgehead atoms. The highest BCUT2D eigenvalue weighted by atomic mass is 16.5. The van der Waals surface area contributed by atoms with Crippen molar-refractivity contribution in [3.63, 3.8) is 0 Å². The molecule has 1 aromatic heterocycles. The van der Waals surface area contributed by atoms with Crippen LogP contribution in [0, 0.1) is 12.3 Å². The second-order valence-electron chi connectivity index (χ2n) is 5.54. The van der Waals surface area contributed by atoms with Crippen molar-refractivity contribution in [1.29, 1.82) is 0 Å². The van der Waals surface area contributed by atoms with Crippen molar-refractivity contribution < 1.29 is 14.4 Å². The van der Waals surface area contributed by atoms with Gasteiger partial charge >= 0.3 is 6.03 Å². The average Bonchev–Trinajstić information content (AvgIpc) is 2.90. The summed E-state index contributed by atoms with van der Waals surface area (Å²) in [4.78, 5) is 13.6. The van der Waals surface area contributed by atoms with E-state index in [0.29, 0.717) is 18.3 Å². The van der Waals surface area contributed by atoms with E-state index in [1.165, 1.54) is 0 Å². The molecule has 4 rings (SSSR count). The third kappa shape index (κ3) is 1.14. The van der Waals surface area contributed by atoms with Crippen LogP contribution >= 0.6 is 0 Å². The first-order chi connectivity index (χ1) is 8.61. The average molecular weight is 250 g/mol. The van der Waals surface area contributed by atoms with Crippen molar-refractivity contribution in [1.82, 2.24) is 20.2 Å². The number of hydrogen-bond acceptors (Lipinski definition) is 5. The van der Waals surface area contributed by atoms with E-state index in [1.807, 2.05) is 0 Å². The summed E-state index contributed by atoms with van der Waals surface area (Å²) in [6.45, 7) is 2.29. The number of aromatic nitrogens is 2. The van der Waals surface area contributed by atoms with E-state index in [-0.39, 0.29) is 23.5 Å². The van der Waals surface area contributed by atoms with E-state index < -0.39 is 0 Å². The number of piperidine rings is 1. The number of amides is 2. The van der Waals surface area contributed by atoms with Crippen LogP contribution < -0.4 is 0 Å². The summed E-state index contributed by atoms with van der Waals surface area (Å²) in [5.74, 6) is 0.991. The number of rotatable bonds is 1. The fourth-order valence-corrected chi connectivity index (χ4v) is 3.32. The number of fused-ring (bicyclic) bond motifs is 3. The van der Waals surface area contributed by atoms with E-state index in [1.54, 1.807) is 11.8 Å². The molecular formula is C11H14N4O3. The maximum atomic E-state index is 12.0. The van der Waals surface area contributed by atoms with Gasteiger partial charge in [-0.15, -0.1) is 10.2 Å². The maximum Gasteiger partial charge on any atom is 0.344 e. The number of urea groups is 1. The van der Waals surface area contributed by atoms with E-state index in [9.17, 15) is 10.0 Å². The van der Waals surface area contributed by atoms with Gasteiger partial charge in [-0.3, -0.25) is 5.21 Å². The Hall–Kier alpha value is -1.63. The number of hydrogen-bond donors (Lipinski definition) is 1. The van der Waals surface area contributed by atoms with Crippen molar-refractivity contribution in [3.8, 4) is 0 Å². The Morgan fingerprint density at radius 1 is 1.44 bits per heavy atom. The second-order valence-corrected chi connectivity index (χ2v) is 5.54. The molecule has 1 N–H and O–H groups in total. The Morgan fingerprint density at radius 3 is 2.83 bits per heavy atom. The van der Waals surface area contributed by atoms with Gasteiger partial charge in [0.05, 0.1) is 6.04 Å². The lowest BCUT2D eigenvalue weighted by molar-refractivity contribution is -0.0783. The first-order valence-electron chi connectivity index (χ1n) is 6.19. The molecule has 1 spiro atoms. The van der Waals surface area contributed by atoms with E-state index in [2.05, 4.69) is 10.2 Å². The quantitative estimate of drug-likeness (QED) is 0.754. The van der Waals surface area contributed by atoms with Crippen LogP contribution in [0.3, 0.4) is 0 Å². The lowest BCUT2D eigenvalue weighted by Crippen LogP contribution is -2.41. The maximum absolute atomic E-state index is 12.0. The summed E-state index contributed by atoms with van der Waals surface area (Å²) in [6.07, 6.45) is 2.92. The van der Waals surface area contributed by atoms with Crippen molar-refractivity contribution in [2.24, 2.45) is 5.41 Å². The summed E-state index contributed by atoms with van der Waals surface area (Å²) in [5, 5.41) is 18.6. The summed E-state index contributed by atoms with van der Waals surface area (Å²) in [6, 6.07) is -0.593. The van der Waals surface area contributed by atoms with E-state index in [0.717, 1.165) is 24.3 Å². The first-order valence-corrected chi connectivity index (χ1v) is 6.19. The second kappa shape index (κ2) is 3.03. The van der Waals surface area contributed by atoms with Gasteiger partial charge in [0, 0.05) is 13.5 Å². The molecule has 3 fully saturated rings. The topological polar surface area (TPSA) is 82.7 Å². The molecule has 1 aliphatic carbocycles. The van der Waals surface area contributed by atoms with Crippen molar-refractivity contribution in [2.45, 2.75) is 38.3 Å². The molecule has 0 radical (unpaired) electrons. The van der Waals surface area contributed by atoms with Crippen LogP contribution in [0.4, 0.5) is 4.79 Å². The molecule has 18 heavy (non-hydrogen) atoms. The van der Waals surface area contributed by atoms with Crippen LogP contribution in [0.5, 0.6) is 0 Å². The van der Waals surface area contributed by atoms with Gasteiger partial charge in [-0.1, -0.05) is 0 Å². The van der Waals surface area contributed by atoms with Gasteiger partial charge < -0.3 is 9.32 Å². The van der Waals surface area contributed by atoms with Gasteiger partial charge in [0.25, 0.3) is 0 Å². The number of hydroxylamine groups is 2. The third-order valence-corrected chi connectivity index (χ3v) is 4.51. The molecule has 2 amide bonds. The first kappa shape index (κ1) is 10.3. The van der Waals surface area contributed by atoms with Crippen LogP contribution in [0.2, 0.25) is 0 Å². The van der Waals surface area contributed by atoms with E-state index in [4.69, 9.17) is 4.42 Å². The Kier molecular flexibility index (Phi) is 1.73. The van der Waals surface area contributed by atoms with Crippen LogP contribution in [-0.4, -0.2) is 44.0 Å². The number of carbonyl (C=O) groups excluding carboxylic acids is 1. The largest absolute Gasteiger partial charge is 0.423 e. The Balaban J connectivity index is 1.74. The molecule has 3 aliphatic rings. The zero-order valence-corrected chi connectivity index (χ0v) is 10.0. The lowest BCUT2D eigenvalue weighted by Gasteiger charge is -2.34. The molecule has 2 atom stereocenters. The molecule has 96 valence electrons. The van der Waals surface area contributed by atoms with Gasteiger partial charge in [0.15, 0.2) is 0 Å². The van der Waals surface area contributed by atoms with Crippen LogP contribution in [0.25, 0.3) is 0 Å². The van der Waals surface area contributed by atoms with Gasteiger partial charge in [0.1, 0.15) is 6.04 Å². The van der Waals surface area contributed by atoms with Crippen LogP contribution in [0.15, 0.2) is 4.42 Å². The molecule has 2 aliphatic heterocycles. The third-order valence-electron chi connectivity index (χ3n) is 4.51. The highest BCUT2D eigenvalue weighted by Gasteiger charge is 2.63. The molecule has 1 aromatic rings. The molecule has 2 saturated heterocycles. The smallest absolute Gasteiger partial charge is 0.344 e. The molecule has 2 unspecified atom stereocenters. The predicted molar refractivity (Wildman–Crippen MR) is 57.6 cm³/mol. The fourth-order valence-electron chi connectivity index (χ4n) is 3.32. The fraction of sp³-hybridized carbons (Fsp3) is 0.727. The molecule has 7 heteroatoms. The van der Waals surface area contributed by atoms with Gasteiger partial charge in [-0.2, -0.15) is 0 Å². The Morgan fingerprint density at radius 2 is 2.22 bits per heavy atom. The number of aryl methyl sites for hydroxylation is 1.